The highest BCUT2D eigenvalue weighted by Gasteiger charge is 2.50. The summed E-state index contributed by atoms with van der Waals surface area (Å²) in [7, 11) is 2.24. The first-order chi connectivity index (χ1) is 14.8. The number of hydrogen-bond donors (Lipinski definition) is 2. The van der Waals surface area contributed by atoms with E-state index < -0.39 is 0 Å². The van der Waals surface area contributed by atoms with Crippen LogP contribution in [0.3, 0.4) is 0 Å². The van der Waals surface area contributed by atoms with Crippen molar-refractivity contribution < 1.29 is 4.74 Å². The van der Waals surface area contributed by atoms with Gasteiger partial charge in [-0.15, -0.1) is 0 Å². The summed E-state index contributed by atoms with van der Waals surface area (Å²) < 4.78 is 6.12. The number of piperazine rings is 1. The Morgan fingerprint density at radius 1 is 1.13 bits per heavy atom. The molecular weight excluding hydrogens is 388 g/mol. The Hall–Kier alpha value is -2.38. The molecule has 2 bridgehead atoms. The van der Waals surface area contributed by atoms with Gasteiger partial charge in [0.05, 0.1) is 12.2 Å². The summed E-state index contributed by atoms with van der Waals surface area (Å²) in [5.41, 5.74) is 3.29. The van der Waals surface area contributed by atoms with E-state index in [1.165, 1.54) is 18.7 Å². The third-order valence-electron chi connectivity index (χ3n) is 7.91. The number of fused-ring (bicyclic) bond motifs is 5. The van der Waals surface area contributed by atoms with Crippen LogP contribution >= 0.6 is 0 Å². The molecule has 2 N–H and O–H groups in total. The molecule has 0 saturated carbocycles. The van der Waals surface area contributed by atoms with E-state index in [1.54, 1.807) is 0 Å². The zero-order valence-electron chi connectivity index (χ0n) is 18.9. The van der Waals surface area contributed by atoms with Crippen molar-refractivity contribution in [1.29, 1.82) is 0 Å². The van der Waals surface area contributed by atoms with Crippen LogP contribution in [0, 0.1) is 0 Å². The first-order valence-electron chi connectivity index (χ1n) is 11.4. The normalized spacial score (nSPS) is 33.2. The van der Waals surface area contributed by atoms with Crippen LogP contribution in [0.15, 0.2) is 30.5 Å². The Morgan fingerprint density at radius 3 is 2.65 bits per heavy atom. The van der Waals surface area contributed by atoms with Gasteiger partial charge in [-0.3, -0.25) is 4.90 Å². The molecule has 1 aromatic heterocycles. The summed E-state index contributed by atoms with van der Waals surface area (Å²) in [6, 6.07) is 10.4. The van der Waals surface area contributed by atoms with E-state index in [0.717, 1.165) is 30.0 Å². The lowest BCUT2D eigenvalue weighted by molar-refractivity contribution is -0.0867. The molecule has 4 aliphatic heterocycles. The molecule has 5 heterocycles. The fourth-order valence-corrected chi connectivity index (χ4v) is 5.88. The molecule has 3 fully saturated rings. The largest absolute Gasteiger partial charge is 0.374 e. The zero-order chi connectivity index (χ0) is 21.4. The number of rotatable bonds is 3. The van der Waals surface area contributed by atoms with E-state index >= 15 is 0 Å². The summed E-state index contributed by atoms with van der Waals surface area (Å²) in [5, 5.41) is 7.02. The lowest BCUT2D eigenvalue weighted by atomic mass is 9.74. The van der Waals surface area contributed by atoms with Gasteiger partial charge in [0, 0.05) is 59.8 Å². The van der Waals surface area contributed by atoms with Gasteiger partial charge in [-0.2, -0.15) is 4.98 Å². The van der Waals surface area contributed by atoms with Crippen LogP contribution in [0.5, 0.6) is 0 Å². The lowest BCUT2D eigenvalue weighted by Gasteiger charge is -2.43. The Bertz CT molecular complexity index is 1010. The van der Waals surface area contributed by atoms with Crippen molar-refractivity contribution in [2.24, 2.45) is 0 Å². The number of likely N-dealkylation sites (tertiary alicyclic amines) is 1. The van der Waals surface area contributed by atoms with E-state index in [4.69, 9.17) is 9.72 Å². The van der Waals surface area contributed by atoms with Gasteiger partial charge in [-0.1, -0.05) is 6.92 Å². The Balaban J connectivity index is 1.17. The summed E-state index contributed by atoms with van der Waals surface area (Å²) in [6.07, 6.45) is 4.21. The highest BCUT2D eigenvalue weighted by atomic mass is 16.5. The van der Waals surface area contributed by atoms with E-state index in [9.17, 15) is 0 Å². The van der Waals surface area contributed by atoms with Gasteiger partial charge in [-0.05, 0) is 58.0 Å². The molecule has 7 nitrogen and oxygen atoms in total. The van der Waals surface area contributed by atoms with Crippen LogP contribution in [0.4, 0.5) is 23.1 Å². The number of ether oxygens (including phenoxy) is 1. The van der Waals surface area contributed by atoms with Gasteiger partial charge in [0.2, 0.25) is 5.95 Å². The standard InChI is InChI=1S/C24H32N6O/c1-23(2)10-20-24(3,14-31-23)19-11-25-22(28-21(19)27-20)26-15-5-7-16(8-6-15)30-13-17-9-18(30)12-29(17)4/h5-8,11,17-18,20H,9-10,12-14H2,1-4H3,(H2,25,26,27,28)/t17-,18-,20+,24+/m0/s1. The first-order valence-corrected chi connectivity index (χ1v) is 11.4. The molecule has 164 valence electrons. The molecule has 0 radical (unpaired) electrons. The van der Waals surface area contributed by atoms with Crippen molar-refractivity contribution >= 4 is 23.1 Å². The first kappa shape index (κ1) is 19.3. The van der Waals surface area contributed by atoms with Crippen LogP contribution in [0.1, 0.15) is 39.2 Å². The second kappa shape index (κ2) is 6.56. The maximum absolute atomic E-state index is 6.12. The summed E-state index contributed by atoms with van der Waals surface area (Å²) in [5.74, 6) is 1.56. The molecular formula is C24H32N6O. The van der Waals surface area contributed by atoms with Gasteiger partial charge < -0.3 is 20.3 Å². The summed E-state index contributed by atoms with van der Waals surface area (Å²) in [4.78, 5) is 14.5. The molecule has 4 aliphatic rings. The van der Waals surface area contributed by atoms with Gasteiger partial charge in [-0.25, -0.2) is 4.98 Å². The van der Waals surface area contributed by atoms with Crippen LogP contribution in [-0.4, -0.2) is 65.3 Å². The fourth-order valence-electron chi connectivity index (χ4n) is 5.88. The van der Waals surface area contributed by atoms with Crippen LogP contribution in [0.2, 0.25) is 0 Å². The highest BCUT2D eigenvalue weighted by Crippen LogP contribution is 2.47. The van der Waals surface area contributed by atoms with E-state index in [0.29, 0.717) is 30.7 Å². The number of hydrogen-bond acceptors (Lipinski definition) is 7. The van der Waals surface area contributed by atoms with Gasteiger partial charge in [0.1, 0.15) is 5.82 Å². The minimum Gasteiger partial charge on any atom is -0.374 e. The number of likely N-dealkylation sites (N-methyl/N-ethyl adjacent to an activating group) is 1. The minimum absolute atomic E-state index is 0.0752. The molecule has 0 spiro atoms. The Kier molecular flexibility index (Phi) is 4.09. The van der Waals surface area contributed by atoms with Crippen LogP contribution in [0.25, 0.3) is 0 Å². The van der Waals surface area contributed by atoms with E-state index in [2.05, 4.69) is 77.5 Å². The second-order valence-electron chi connectivity index (χ2n) is 10.6. The highest BCUT2D eigenvalue weighted by molar-refractivity contribution is 5.63. The number of nitrogens with one attached hydrogen (secondary N) is 2. The van der Waals surface area contributed by atoms with Gasteiger partial charge >= 0.3 is 0 Å². The third-order valence-corrected chi connectivity index (χ3v) is 7.91. The quantitative estimate of drug-likeness (QED) is 0.789. The van der Waals surface area contributed by atoms with Crippen LogP contribution in [-0.2, 0) is 10.2 Å². The molecule has 0 amide bonds. The monoisotopic (exact) mass is 420 g/mol. The molecule has 0 unspecified atom stereocenters. The maximum Gasteiger partial charge on any atom is 0.229 e. The lowest BCUT2D eigenvalue weighted by Crippen LogP contribution is -2.51. The number of aromatic nitrogens is 2. The number of benzene rings is 1. The van der Waals surface area contributed by atoms with Crippen molar-refractivity contribution in [2.45, 2.75) is 62.8 Å². The zero-order valence-corrected chi connectivity index (χ0v) is 18.9. The maximum atomic E-state index is 6.12. The molecule has 7 heteroatoms. The van der Waals surface area contributed by atoms with E-state index in [-0.39, 0.29) is 11.0 Å². The molecule has 6 rings (SSSR count). The molecule has 0 aliphatic carbocycles. The molecule has 4 atom stereocenters. The fraction of sp³-hybridized carbons (Fsp3) is 0.583. The van der Waals surface area contributed by atoms with Crippen molar-refractivity contribution in [2.75, 3.05) is 42.3 Å². The van der Waals surface area contributed by atoms with Crippen molar-refractivity contribution in [1.82, 2.24) is 14.9 Å². The second-order valence-corrected chi connectivity index (χ2v) is 10.6. The molecule has 2 aromatic rings. The van der Waals surface area contributed by atoms with Crippen LogP contribution < -0.4 is 15.5 Å². The minimum atomic E-state index is -0.111. The SMILES string of the molecule is CN1C[C@@H]2C[C@H]1CN2c1ccc(Nc2ncc3c(n2)N[C@@H]2CC(C)(C)OC[C@]32C)cc1. The van der Waals surface area contributed by atoms with Crippen molar-refractivity contribution in [3.63, 3.8) is 0 Å². The third kappa shape index (κ3) is 3.09. The average molecular weight is 421 g/mol. The smallest absolute Gasteiger partial charge is 0.229 e. The number of anilines is 4. The summed E-state index contributed by atoms with van der Waals surface area (Å²) in [6.45, 7) is 9.56. The Morgan fingerprint density at radius 2 is 1.94 bits per heavy atom. The predicted molar refractivity (Wildman–Crippen MR) is 123 cm³/mol. The topological polar surface area (TPSA) is 65.5 Å². The molecule has 31 heavy (non-hydrogen) atoms. The Labute approximate surface area is 184 Å². The molecule has 3 saturated heterocycles. The van der Waals surface area contributed by atoms with Crippen molar-refractivity contribution in [3.05, 3.63) is 36.0 Å². The molecule has 1 aromatic carbocycles. The average Bonchev–Trinajstić information content (AvgIpc) is 3.38. The summed E-state index contributed by atoms with van der Waals surface area (Å²) >= 11 is 0. The van der Waals surface area contributed by atoms with E-state index in [1.807, 2.05) is 6.20 Å². The van der Waals surface area contributed by atoms with Crippen molar-refractivity contribution in [3.8, 4) is 0 Å². The number of nitrogens with zero attached hydrogens (tertiary/aromatic N) is 4. The van der Waals surface area contributed by atoms with Gasteiger partial charge in [0.15, 0.2) is 0 Å². The predicted octanol–water partition coefficient (Wildman–Crippen LogP) is 3.36. The van der Waals surface area contributed by atoms with Gasteiger partial charge in [0.25, 0.3) is 0 Å².